The van der Waals surface area contributed by atoms with E-state index in [1.807, 2.05) is 0 Å². The van der Waals surface area contributed by atoms with E-state index >= 15 is 0 Å². The van der Waals surface area contributed by atoms with Gasteiger partial charge in [0, 0.05) is 6.07 Å². The monoisotopic (exact) mass is 339 g/mol. The second-order valence-electron chi connectivity index (χ2n) is 5.50. The molecule has 0 unspecified atom stereocenters. The molecule has 0 bridgehead atoms. The van der Waals surface area contributed by atoms with E-state index < -0.39 is 10.5 Å². The summed E-state index contributed by atoms with van der Waals surface area (Å²) in [5.74, 6) is 0.884. The zero-order valence-electron chi connectivity index (χ0n) is 12.4. The number of nitrogens with two attached hydrogens (primary N) is 1. The molecule has 3 N–H and O–H groups in total. The van der Waals surface area contributed by atoms with Crippen molar-refractivity contribution in [2.75, 3.05) is 5.32 Å². The van der Waals surface area contributed by atoms with Crippen LogP contribution in [0.4, 0.5) is 11.4 Å². The first-order valence-corrected chi connectivity index (χ1v) is 7.18. The van der Waals surface area contributed by atoms with Crippen LogP contribution in [0.3, 0.4) is 0 Å². The van der Waals surface area contributed by atoms with Gasteiger partial charge in [-0.3, -0.25) is 10.1 Å². The van der Waals surface area contributed by atoms with Gasteiger partial charge in [-0.15, -0.1) is 12.4 Å². The summed E-state index contributed by atoms with van der Waals surface area (Å²) in [6.45, 7) is 0.216. The minimum absolute atomic E-state index is 0. The van der Waals surface area contributed by atoms with Gasteiger partial charge in [0.15, 0.2) is 5.82 Å². The van der Waals surface area contributed by atoms with Gasteiger partial charge in [-0.05, 0) is 18.9 Å². The fraction of sp³-hybridized carbons (Fsp3) is 0.429. The lowest BCUT2D eigenvalue weighted by Crippen LogP contribution is -2.34. The number of aromatic nitrogens is 2. The molecular weight excluding hydrogens is 322 g/mol. The molecule has 0 aliphatic heterocycles. The molecule has 2 aromatic rings. The third-order valence-corrected chi connectivity index (χ3v) is 3.94. The first-order valence-electron chi connectivity index (χ1n) is 7.18. The summed E-state index contributed by atoms with van der Waals surface area (Å²) < 4.78 is 5.19. The molecule has 1 aliphatic carbocycles. The molecule has 1 saturated carbocycles. The van der Waals surface area contributed by atoms with E-state index in [-0.39, 0.29) is 24.6 Å². The lowest BCUT2D eigenvalue weighted by molar-refractivity contribution is -0.384. The number of nitro benzene ring substituents is 1. The number of para-hydroxylation sites is 2. The average molecular weight is 340 g/mol. The number of nitro groups is 1. The summed E-state index contributed by atoms with van der Waals surface area (Å²) in [5, 5.41) is 17.9. The van der Waals surface area contributed by atoms with Gasteiger partial charge in [-0.2, -0.15) is 4.98 Å². The topological polar surface area (TPSA) is 120 Å². The van der Waals surface area contributed by atoms with Crippen LogP contribution in [0.1, 0.15) is 37.4 Å². The standard InChI is InChI=1S/C14H17N5O3.ClH/c15-14(7-3-4-8-14)13-17-12(22-18-13)9-16-10-5-1-2-6-11(10)19(20)21;/h1-2,5-6,16H,3-4,7-9,15H2;1H. The molecule has 0 radical (unpaired) electrons. The Morgan fingerprint density at radius 3 is 2.74 bits per heavy atom. The molecule has 124 valence electrons. The summed E-state index contributed by atoms with van der Waals surface area (Å²) in [6, 6.07) is 6.42. The fourth-order valence-electron chi connectivity index (χ4n) is 2.71. The van der Waals surface area contributed by atoms with E-state index in [0.717, 1.165) is 25.7 Å². The Balaban J connectivity index is 0.00000192. The second-order valence-corrected chi connectivity index (χ2v) is 5.50. The van der Waals surface area contributed by atoms with Crippen LogP contribution in [0.25, 0.3) is 0 Å². The summed E-state index contributed by atoms with van der Waals surface area (Å²) in [6.07, 6.45) is 3.83. The SMILES string of the molecule is Cl.NC1(c2noc(CNc3ccccc3[N+](=O)[O-])n2)CCCC1. The van der Waals surface area contributed by atoms with Crippen molar-refractivity contribution in [1.29, 1.82) is 0 Å². The molecule has 1 fully saturated rings. The van der Waals surface area contributed by atoms with E-state index in [4.69, 9.17) is 10.3 Å². The molecule has 0 atom stereocenters. The van der Waals surface area contributed by atoms with E-state index in [0.29, 0.717) is 17.4 Å². The third kappa shape index (κ3) is 3.59. The normalized spacial score (nSPS) is 15.9. The number of hydrogen-bond acceptors (Lipinski definition) is 7. The van der Waals surface area contributed by atoms with Crippen molar-refractivity contribution < 1.29 is 9.45 Å². The number of nitrogens with zero attached hydrogens (tertiary/aromatic N) is 3. The zero-order valence-corrected chi connectivity index (χ0v) is 13.2. The summed E-state index contributed by atoms with van der Waals surface area (Å²) in [7, 11) is 0. The Kier molecular flexibility index (Phi) is 5.17. The van der Waals surface area contributed by atoms with Crippen LogP contribution in [-0.2, 0) is 12.1 Å². The molecule has 1 aromatic heterocycles. The summed E-state index contributed by atoms with van der Waals surface area (Å²) in [5.41, 5.74) is 6.19. The molecular formula is C14H18ClN5O3. The molecule has 0 amide bonds. The smallest absolute Gasteiger partial charge is 0.292 e. The van der Waals surface area contributed by atoms with Crippen LogP contribution in [0.2, 0.25) is 0 Å². The van der Waals surface area contributed by atoms with Gasteiger partial charge < -0.3 is 15.6 Å². The first-order chi connectivity index (χ1) is 10.6. The number of anilines is 1. The average Bonchev–Trinajstić information content (AvgIpc) is 3.15. The highest BCUT2D eigenvalue weighted by Gasteiger charge is 2.35. The largest absolute Gasteiger partial charge is 0.371 e. The molecule has 8 nitrogen and oxygen atoms in total. The van der Waals surface area contributed by atoms with Gasteiger partial charge in [0.1, 0.15) is 5.69 Å². The molecule has 3 rings (SSSR count). The van der Waals surface area contributed by atoms with Gasteiger partial charge in [0.05, 0.1) is 17.0 Å². The number of halogens is 1. The molecule has 1 aliphatic rings. The van der Waals surface area contributed by atoms with Crippen LogP contribution in [0, 0.1) is 10.1 Å². The molecule has 9 heteroatoms. The van der Waals surface area contributed by atoms with Crippen molar-refractivity contribution in [1.82, 2.24) is 10.1 Å². The maximum Gasteiger partial charge on any atom is 0.292 e. The molecule has 1 aromatic carbocycles. The Hall–Kier alpha value is -2.19. The summed E-state index contributed by atoms with van der Waals surface area (Å²) >= 11 is 0. The van der Waals surface area contributed by atoms with E-state index in [9.17, 15) is 10.1 Å². The van der Waals surface area contributed by atoms with Crippen LogP contribution >= 0.6 is 12.4 Å². The van der Waals surface area contributed by atoms with E-state index in [1.54, 1.807) is 18.2 Å². The Bertz CT molecular complexity index is 685. The van der Waals surface area contributed by atoms with Gasteiger partial charge in [-0.1, -0.05) is 30.1 Å². The van der Waals surface area contributed by atoms with E-state index in [2.05, 4.69) is 15.5 Å². The minimum atomic E-state index is -0.500. The number of benzene rings is 1. The predicted octanol–water partition coefficient (Wildman–Crippen LogP) is 2.74. The van der Waals surface area contributed by atoms with Crippen LogP contribution in [-0.4, -0.2) is 15.1 Å². The quantitative estimate of drug-likeness (QED) is 0.634. The van der Waals surface area contributed by atoms with Crippen LogP contribution in [0.15, 0.2) is 28.8 Å². The minimum Gasteiger partial charge on any atom is -0.371 e. The van der Waals surface area contributed by atoms with Crippen molar-refractivity contribution in [3.05, 3.63) is 46.1 Å². The number of hydrogen-bond donors (Lipinski definition) is 2. The summed E-state index contributed by atoms with van der Waals surface area (Å²) in [4.78, 5) is 14.8. The fourth-order valence-corrected chi connectivity index (χ4v) is 2.71. The van der Waals surface area contributed by atoms with Crippen molar-refractivity contribution in [2.45, 2.75) is 37.8 Å². The maximum absolute atomic E-state index is 11.0. The van der Waals surface area contributed by atoms with Crippen molar-refractivity contribution in [3.8, 4) is 0 Å². The zero-order chi connectivity index (χ0) is 15.6. The Morgan fingerprint density at radius 2 is 2.04 bits per heavy atom. The molecule has 0 spiro atoms. The highest BCUT2D eigenvalue weighted by molar-refractivity contribution is 5.85. The van der Waals surface area contributed by atoms with Crippen molar-refractivity contribution >= 4 is 23.8 Å². The maximum atomic E-state index is 11.0. The van der Waals surface area contributed by atoms with Gasteiger partial charge in [0.2, 0.25) is 5.89 Å². The number of nitrogens with one attached hydrogen (secondary N) is 1. The molecule has 0 saturated heterocycles. The third-order valence-electron chi connectivity index (χ3n) is 3.94. The Morgan fingerprint density at radius 1 is 1.35 bits per heavy atom. The van der Waals surface area contributed by atoms with Crippen LogP contribution in [0.5, 0.6) is 0 Å². The molecule has 23 heavy (non-hydrogen) atoms. The van der Waals surface area contributed by atoms with Crippen molar-refractivity contribution in [3.63, 3.8) is 0 Å². The van der Waals surface area contributed by atoms with Crippen molar-refractivity contribution in [2.24, 2.45) is 5.73 Å². The highest BCUT2D eigenvalue weighted by Crippen LogP contribution is 2.34. The Labute approximate surface area is 139 Å². The predicted molar refractivity (Wildman–Crippen MR) is 86.3 cm³/mol. The van der Waals surface area contributed by atoms with Gasteiger partial charge in [0.25, 0.3) is 5.69 Å². The second kappa shape index (κ2) is 6.93. The van der Waals surface area contributed by atoms with Gasteiger partial charge in [-0.25, -0.2) is 0 Å². The lowest BCUT2D eigenvalue weighted by atomic mass is 9.99. The molecule has 1 heterocycles. The highest BCUT2D eigenvalue weighted by atomic mass is 35.5. The first kappa shape index (κ1) is 17.2. The van der Waals surface area contributed by atoms with E-state index in [1.165, 1.54) is 6.07 Å². The number of rotatable bonds is 5. The van der Waals surface area contributed by atoms with Crippen LogP contribution < -0.4 is 11.1 Å². The van der Waals surface area contributed by atoms with Gasteiger partial charge >= 0.3 is 0 Å². The lowest BCUT2D eigenvalue weighted by Gasteiger charge is -2.17.